The molecule has 1 heterocycles. The number of ether oxygens (including phenoxy) is 1. The molecular formula is C17H33IN4O2. The Labute approximate surface area is 163 Å². The monoisotopic (exact) mass is 452 g/mol. The molecule has 1 aliphatic carbocycles. The highest BCUT2D eigenvalue weighted by Gasteiger charge is 2.24. The van der Waals surface area contributed by atoms with Crippen molar-refractivity contribution in [3.8, 4) is 0 Å². The molecular weight excluding hydrogens is 419 g/mol. The molecule has 0 aromatic rings. The van der Waals surface area contributed by atoms with E-state index >= 15 is 0 Å². The zero-order valence-corrected chi connectivity index (χ0v) is 17.6. The van der Waals surface area contributed by atoms with E-state index in [1.807, 2.05) is 0 Å². The average Bonchev–Trinajstić information content (AvgIpc) is 3.07. The molecule has 0 unspecified atom stereocenters. The van der Waals surface area contributed by atoms with Crippen LogP contribution in [-0.2, 0) is 9.53 Å². The smallest absolute Gasteiger partial charge is 0.241 e. The second-order valence-electron chi connectivity index (χ2n) is 6.86. The van der Waals surface area contributed by atoms with Crippen molar-refractivity contribution in [3.63, 3.8) is 0 Å². The van der Waals surface area contributed by atoms with Gasteiger partial charge >= 0.3 is 0 Å². The van der Waals surface area contributed by atoms with Crippen LogP contribution < -0.4 is 5.32 Å². The van der Waals surface area contributed by atoms with Gasteiger partial charge in [0.2, 0.25) is 5.91 Å². The molecule has 0 aromatic carbocycles. The maximum atomic E-state index is 11.7. The van der Waals surface area contributed by atoms with Crippen molar-refractivity contribution >= 4 is 35.8 Å². The van der Waals surface area contributed by atoms with Crippen LogP contribution in [0.5, 0.6) is 0 Å². The number of hydrogen-bond donors (Lipinski definition) is 1. The Kier molecular flexibility index (Phi) is 9.95. The molecule has 1 saturated carbocycles. The molecule has 1 amide bonds. The first-order valence-electron chi connectivity index (χ1n) is 8.87. The van der Waals surface area contributed by atoms with E-state index < -0.39 is 0 Å². The molecule has 0 aromatic heterocycles. The fourth-order valence-corrected chi connectivity index (χ4v) is 3.33. The van der Waals surface area contributed by atoms with Crippen LogP contribution in [0, 0.1) is 5.92 Å². The molecule has 0 radical (unpaired) electrons. The summed E-state index contributed by atoms with van der Waals surface area (Å²) in [6.45, 7) is 3.10. The quantitative estimate of drug-likeness (QED) is 0.394. The van der Waals surface area contributed by atoms with Crippen LogP contribution in [0.3, 0.4) is 0 Å². The van der Waals surface area contributed by atoms with E-state index in [2.05, 4.69) is 15.2 Å². The summed E-state index contributed by atoms with van der Waals surface area (Å²) in [6, 6.07) is 0. The van der Waals surface area contributed by atoms with Gasteiger partial charge in [-0.3, -0.25) is 9.79 Å². The molecule has 24 heavy (non-hydrogen) atoms. The lowest BCUT2D eigenvalue weighted by Gasteiger charge is -2.34. The van der Waals surface area contributed by atoms with Crippen LogP contribution in [0.1, 0.15) is 38.5 Å². The molecule has 2 aliphatic rings. The number of rotatable bonds is 5. The molecule has 1 saturated heterocycles. The van der Waals surface area contributed by atoms with Gasteiger partial charge in [0.1, 0.15) is 0 Å². The molecule has 0 atom stereocenters. The summed E-state index contributed by atoms with van der Waals surface area (Å²) in [6.07, 6.45) is 7.89. The second kappa shape index (κ2) is 11.1. The van der Waals surface area contributed by atoms with Crippen molar-refractivity contribution < 1.29 is 9.53 Å². The van der Waals surface area contributed by atoms with Gasteiger partial charge in [-0.15, -0.1) is 24.0 Å². The topological polar surface area (TPSA) is 57.2 Å². The molecule has 7 heteroatoms. The minimum absolute atomic E-state index is 0. The number of likely N-dealkylation sites (N-methyl/N-ethyl adjacent to an activating group) is 1. The summed E-state index contributed by atoms with van der Waals surface area (Å²) >= 11 is 0. The minimum Gasteiger partial charge on any atom is -0.378 e. The molecule has 2 rings (SSSR count). The van der Waals surface area contributed by atoms with Crippen molar-refractivity contribution in [2.24, 2.45) is 10.9 Å². The fraction of sp³-hybridized carbons (Fsp3) is 0.882. The van der Waals surface area contributed by atoms with Gasteiger partial charge < -0.3 is 19.9 Å². The third kappa shape index (κ3) is 6.74. The Hall–Kier alpha value is -0.570. The average molecular weight is 452 g/mol. The molecule has 0 spiro atoms. The maximum Gasteiger partial charge on any atom is 0.241 e. The number of halogens is 1. The highest BCUT2D eigenvalue weighted by molar-refractivity contribution is 14.0. The van der Waals surface area contributed by atoms with Gasteiger partial charge in [0.15, 0.2) is 5.96 Å². The van der Waals surface area contributed by atoms with Crippen LogP contribution in [0.2, 0.25) is 0 Å². The third-order valence-corrected chi connectivity index (χ3v) is 4.89. The number of guanidine groups is 1. The standard InChI is InChI=1S/C17H32N4O2.HI/c1-18-17(19-12-16(22)20(2)3)21-10-8-15(9-11-21)23-13-14-6-4-5-7-14;/h14-15H,4-13H2,1-3H3,(H,18,19);1H. The van der Waals surface area contributed by atoms with Gasteiger partial charge in [0.25, 0.3) is 0 Å². The van der Waals surface area contributed by atoms with Crippen molar-refractivity contribution in [1.29, 1.82) is 0 Å². The van der Waals surface area contributed by atoms with E-state index in [1.54, 1.807) is 26.0 Å². The summed E-state index contributed by atoms with van der Waals surface area (Å²) in [5.41, 5.74) is 0. The largest absolute Gasteiger partial charge is 0.378 e. The summed E-state index contributed by atoms with van der Waals surface area (Å²) in [4.78, 5) is 19.8. The highest BCUT2D eigenvalue weighted by atomic mass is 127. The maximum absolute atomic E-state index is 11.7. The van der Waals surface area contributed by atoms with Crippen molar-refractivity contribution in [3.05, 3.63) is 0 Å². The lowest BCUT2D eigenvalue weighted by atomic mass is 10.1. The van der Waals surface area contributed by atoms with Crippen molar-refractivity contribution in [2.45, 2.75) is 44.6 Å². The van der Waals surface area contributed by atoms with Crippen LogP contribution in [0.15, 0.2) is 4.99 Å². The van der Waals surface area contributed by atoms with E-state index in [0.717, 1.165) is 44.4 Å². The summed E-state index contributed by atoms with van der Waals surface area (Å²) < 4.78 is 6.11. The van der Waals surface area contributed by atoms with Gasteiger partial charge in [0.05, 0.1) is 12.6 Å². The van der Waals surface area contributed by atoms with E-state index in [-0.39, 0.29) is 36.4 Å². The molecule has 140 valence electrons. The zero-order valence-electron chi connectivity index (χ0n) is 15.3. The Balaban J connectivity index is 0.00000288. The molecule has 6 nitrogen and oxygen atoms in total. The normalized spacial score (nSPS) is 20.0. The van der Waals surface area contributed by atoms with E-state index in [9.17, 15) is 4.79 Å². The molecule has 0 bridgehead atoms. The lowest BCUT2D eigenvalue weighted by molar-refractivity contribution is -0.127. The lowest BCUT2D eigenvalue weighted by Crippen LogP contribution is -2.49. The number of carbonyl (C=O) groups is 1. The molecule has 1 N–H and O–H groups in total. The SMILES string of the molecule is CN=C(NCC(=O)N(C)C)N1CCC(OCC2CCCC2)CC1.I. The first kappa shape index (κ1) is 21.5. The Bertz CT molecular complexity index is 403. The number of likely N-dealkylation sites (tertiary alicyclic amines) is 1. The zero-order chi connectivity index (χ0) is 16.7. The summed E-state index contributed by atoms with van der Waals surface area (Å²) in [7, 11) is 5.30. The number of amides is 1. The Morgan fingerprint density at radius 1 is 1.21 bits per heavy atom. The number of piperidine rings is 1. The Morgan fingerprint density at radius 3 is 2.38 bits per heavy atom. The molecule has 2 fully saturated rings. The van der Waals surface area contributed by atoms with Gasteiger partial charge in [-0.2, -0.15) is 0 Å². The number of aliphatic imine (C=N–C) groups is 1. The third-order valence-electron chi connectivity index (χ3n) is 4.89. The second-order valence-corrected chi connectivity index (χ2v) is 6.86. The van der Waals surface area contributed by atoms with Gasteiger partial charge in [-0.1, -0.05) is 12.8 Å². The van der Waals surface area contributed by atoms with Crippen molar-refractivity contribution in [2.75, 3.05) is 47.4 Å². The Morgan fingerprint density at radius 2 is 1.83 bits per heavy atom. The number of carbonyl (C=O) groups excluding carboxylic acids is 1. The summed E-state index contributed by atoms with van der Waals surface area (Å²) in [5, 5.41) is 3.16. The number of nitrogens with one attached hydrogen (secondary N) is 1. The number of nitrogens with zero attached hydrogens (tertiary/aromatic N) is 3. The van der Waals surface area contributed by atoms with Crippen LogP contribution in [0.25, 0.3) is 0 Å². The van der Waals surface area contributed by atoms with Crippen LogP contribution >= 0.6 is 24.0 Å². The van der Waals surface area contributed by atoms with Crippen LogP contribution in [0.4, 0.5) is 0 Å². The highest BCUT2D eigenvalue weighted by Crippen LogP contribution is 2.26. The van der Waals surface area contributed by atoms with E-state index in [4.69, 9.17) is 4.74 Å². The number of hydrogen-bond acceptors (Lipinski definition) is 3. The van der Waals surface area contributed by atoms with Gasteiger partial charge in [-0.05, 0) is 31.6 Å². The van der Waals surface area contributed by atoms with Crippen molar-refractivity contribution in [1.82, 2.24) is 15.1 Å². The first-order valence-corrected chi connectivity index (χ1v) is 8.87. The van der Waals surface area contributed by atoms with Gasteiger partial charge in [-0.25, -0.2) is 0 Å². The molecule has 1 aliphatic heterocycles. The predicted octanol–water partition coefficient (Wildman–Crippen LogP) is 1.94. The minimum atomic E-state index is 0. The van der Waals surface area contributed by atoms with E-state index in [0.29, 0.717) is 6.10 Å². The van der Waals surface area contributed by atoms with Crippen LogP contribution in [-0.4, -0.2) is 75.2 Å². The van der Waals surface area contributed by atoms with Gasteiger partial charge in [0, 0.05) is 40.8 Å². The predicted molar refractivity (Wildman–Crippen MR) is 108 cm³/mol. The first-order chi connectivity index (χ1) is 11.1. The summed E-state index contributed by atoms with van der Waals surface area (Å²) in [5.74, 6) is 1.66. The van der Waals surface area contributed by atoms with E-state index in [1.165, 1.54) is 25.7 Å². The fourth-order valence-electron chi connectivity index (χ4n) is 3.33.